The first-order valence-electron chi connectivity index (χ1n) is 4.92. The van der Waals surface area contributed by atoms with E-state index in [1.165, 1.54) is 12.3 Å². The van der Waals surface area contributed by atoms with Gasteiger partial charge in [0, 0.05) is 12.2 Å². The van der Waals surface area contributed by atoms with Crippen LogP contribution in [0.4, 0.5) is 5.95 Å². The van der Waals surface area contributed by atoms with Crippen molar-refractivity contribution in [3.63, 3.8) is 0 Å². The molecule has 0 spiro atoms. The molecule has 0 unspecified atom stereocenters. The average molecular weight is 220 g/mol. The van der Waals surface area contributed by atoms with Crippen LogP contribution in [0.2, 0.25) is 0 Å². The largest absolute Gasteiger partial charge is 0.478 e. The van der Waals surface area contributed by atoms with E-state index in [4.69, 9.17) is 5.11 Å². The second-order valence-corrected chi connectivity index (χ2v) is 3.78. The van der Waals surface area contributed by atoms with Crippen LogP contribution in [0.15, 0.2) is 12.3 Å². The molecule has 0 aromatic carbocycles. The van der Waals surface area contributed by atoms with Crippen molar-refractivity contribution in [1.82, 2.24) is 15.0 Å². The summed E-state index contributed by atoms with van der Waals surface area (Å²) in [6.45, 7) is 3.98. The lowest BCUT2D eigenvalue weighted by atomic mass is 10.3. The summed E-state index contributed by atoms with van der Waals surface area (Å²) in [5.41, 5.74) is 1.27. The number of aromatic nitrogens is 3. The zero-order valence-corrected chi connectivity index (χ0v) is 8.98. The molecule has 0 aliphatic heterocycles. The number of carboxylic acids is 1. The molecule has 3 N–H and O–H groups in total. The Bertz CT molecular complexity index is 533. The molecular weight excluding hydrogens is 208 g/mol. The number of carboxylic acid groups (broad SMARTS) is 1. The van der Waals surface area contributed by atoms with E-state index < -0.39 is 5.97 Å². The van der Waals surface area contributed by atoms with Gasteiger partial charge in [-0.2, -0.15) is 4.98 Å². The molecule has 6 nitrogen and oxygen atoms in total. The number of H-pyrrole nitrogens is 1. The van der Waals surface area contributed by atoms with E-state index >= 15 is 0 Å². The normalized spacial score (nSPS) is 10.9. The minimum atomic E-state index is -0.998. The number of pyridine rings is 1. The number of aromatic carboxylic acids is 1. The first-order chi connectivity index (χ1) is 7.56. The molecule has 0 aliphatic carbocycles. The number of rotatable bonds is 3. The van der Waals surface area contributed by atoms with E-state index in [2.05, 4.69) is 20.3 Å². The quantitative estimate of drug-likeness (QED) is 0.728. The fraction of sp³-hybridized carbons (Fsp3) is 0.300. The van der Waals surface area contributed by atoms with E-state index in [0.29, 0.717) is 17.1 Å². The van der Waals surface area contributed by atoms with E-state index in [9.17, 15) is 4.79 Å². The molecule has 0 amide bonds. The van der Waals surface area contributed by atoms with Gasteiger partial charge in [0.25, 0.3) is 0 Å². The van der Waals surface area contributed by atoms with Crippen molar-refractivity contribution in [3.05, 3.63) is 17.8 Å². The van der Waals surface area contributed by atoms with Crippen LogP contribution in [0.5, 0.6) is 0 Å². The van der Waals surface area contributed by atoms with Gasteiger partial charge in [-0.3, -0.25) is 0 Å². The number of hydrogen-bond donors (Lipinski definition) is 3. The van der Waals surface area contributed by atoms with Crippen molar-refractivity contribution < 1.29 is 9.90 Å². The van der Waals surface area contributed by atoms with Crippen molar-refractivity contribution in [1.29, 1.82) is 0 Å². The van der Waals surface area contributed by atoms with Gasteiger partial charge in [-0.25, -0.2) is 9.78 Å². The highest BCUT2D eigenvalue weighted by Gasteiger charge is 2.08. The Kier molecular flexibility index (Phi) is 2.47. The molecule has 16 heavy (non-hydrogen) atoms. The van der Waals surface area contributed by atoms with E-state index in [0.717, 1.165) is 0 Å². The summed E-state index contributed by atoms with van der Waals surface area (Å²) in [6, 6.07) is 1.77. The number of imidazole rings is 1. The van der Waals surface area contributed by atoms with E-state index in [-0.39, 0.29) is 11.6 Å². The van der Waals surface area contributed by atoms with Crippen LogP contribution in [-0.4, -0.2) is 32.1 Å². The van der Waals surface area contributed by atoms with Gasteiger partial charge < -0.3 is 15.4 Å². The Morgan fingerprint density at radius 3 is 2.94 bits per heavy atom. The number of fused-ring (bicyclic) bond motifs is 1. The summed E-state index contributed by atoms with van der Waals surface area (Å²) in [5.74, 6) is -0.401. The van der Waals surface area contributed by atoms with Crippen LogP contribution in [-0.2, 0) is 0 Å². The predicted octanol–water partition coefficient (Wildman–Crippen LogP) is 1.48. The molecule has 84 valence electrons. The SMILES string of the molecule is CC(C)Nc1nc2ncc(C(=O)O)cc2[nH]1. The van der Waals surface area contributed by atoms with Crippen molar-refractivity contribution in [2.45, 2.75) is 19.9 Å². The third-order valence-corrected chi connectivity index (χ3v) is 2.01. The van der Waals surface area contributed by atoms with Crippen LogP contribution in [0, 0.1) is 0 Å². The van der Waals surface area contributed by atoms with E-state index in [1.807, 2.05) is 13.8 Å². The molecule has 2 rings (SSSR count). The highest BCUT2D eigenvalue weighted by atomic mass is 16.4. The summed E-state index contributed by atoms with van der Waals surface area (Å²) in [5, 5.41) is 11.9. The lowest BCUT2D eigenvalue weighted by molar-refractivity contribution is 0.0696. The predicted molar refractivity (Wildman–Crippen MR) is 59.6 cm³/mol. The molecule has 2 heterocycles. The van der Waals surface area contributed by atoms with Gasteiger partial charge >= 0.3 is 5.97 Å². The van der Waals surface area contributed by atoms with Crippen molar-refractivity contribution in [3.8, 4) is 0 Å². The first-order valence-corrected chi connectivity index (χ1v) is 4.92. The Hall–Kier alpha value is -2.11. The highest BCUT2D eigenvalue weighted by Crippen LogP contribution is 2.14. The lowest BCUT2D eigenvalue weighted by Crippen LogP contribution is -2.10. The number of hydrogen-bond acceptors (Lipinski definition) is 4. The zero-order chi connectivity index (χ0) is 11.7. The summed E-state index contributed by atoms with van der Waals surface area (Å²) in [4.78, 5) is 21.9. The van der Waals surface area contributed by atoms with Crippen molar-refractivity contribution in [2.75, 3.05) is 5.32 Å². The van der Waals surface area contributed by atoms with Crippen LogP contribution >= 0.6 is 0 Å². The van der Waals surface area contributed by atoms with Gasteiger partial charge in [0.05, 0.1) is 11.1 Å². The average Bonchev–Trinajstić information content (AvgIpc) is 2.56. The first kappa shape index (κ1) is 10.4. The summed E-state index contributed by atoms with van der Waals surface area (Å²) in [7, 11) is 0. The standard InChI is InChI=1S/C10H12N4O2/c1-5(2)12-10-13-7-3-6(9(15)16)4-11-8(7)14-10/h3-5H,1-2H3,(H,15,16)(H2,11,12,13,14). The second kappa shape index (κ2) is 3.80. The van der Waals surface area contributed by atoms with Crippen LogP contribution in [0.1, 0.15) is 24.2 Å². The minimum Gasteiger partial charge on any atom is -0.478 e. The minimum absolute atomic E-state index is 0.146. The molecule has 0 aliphatic rings. The smallest absolute Gasteiger partial charge is 0.337 e. The highest BCUT2D eigenvalue weighted by molar-refractivity contribution is 5.91. The summed E-state index contributed by atoms with van der Waals surface area (Å²) >= 11 is 0. The Morgan fingerprint density at radius 2 is 2.31 bits per heavy atom. The summed E-state index contributed by atoms with van der Waals surface area (Å²) < 4.78 is 0. The third-order valence-electron chi connectivity index (χ3n) is 2.01. The van der Waals surface area contributed by atoms with Gasteiger partial charge in [-0.1, -0.05) is 0 Å². The van der Waals surface area contributed by atoms with Gasteiger partial charge in [0.1, 0.15) is 0 Å². The van der Waals surface area contributed by atoms with Gasteiger partial charge in [0.2, 0.25) is 5.95 Å². The molecule has 2 aromatic rings. The third kappa shape index (κ3) is 1.95. The topological polar surface area (TPSA) is 90.9 Å². The fourth-order valence-electron chi connectivity index (χ4n) is 1.36. The van der Waals surface area contributed by atoms with Crippen LogP contribution < -0.4 is 5.32 Å². The maximum atomic E-state index is 10.7. The maximum Gasteiger partial charge on any atom is 0.337 e. The second-order valence-electron chi connectivity index (χ2n) is 3.78. The fourth-order valence-corrected chi connectivity index (χ4v) is 1.36. The Balaban J connectivity index is 2.42. The van der Waals surface area contributed by atoms with Crippen molar-refractivity contribution in [2.24, 2.45) is 0 Å². The van der Waals surface area contributed by atoms with E-state index in [1.54, 1.807) is 0 Å². The molecule has 6 heteroatoms. The number of nitrogens with one attached hydrogen (secondary N) is 2. The molecule has 2 aromatic heterocycles. The van der Waals surface area contributed by atoms with Crippen molar-refractivity contribution >= 4 is 23.1 Å². The van der Waals surface area contributed by atoms with Gasteiger partial charge in [-0.05, 0) is 19.9 Å². The number of aromatic amines is 1. The Morgan fingerprint density at radius 1 is 1.56 bits per heavy atom. The number of carbonyl (C=O) groups is 1. The van der Waals surface area contributed by atoms with Gasteiger partial charge in [-0.15, -0.1) is 0 Å². The molecule has 0 saturated carbocycles. The molecule has 0 atom stereocenters. The molecule has 0 radical (unpaired) electrons. The van der Waals surface area contributed by atoms with Crippen LogP contribution in [0.25, 0.3) is 11.2 Å². The monoisotopic (exact) mass is 220 g/mol. The molecular formula is C10H12N4O2. The van der Waals surface area contributed by atoms with Gasteiger partial charge in [0.15, 0.2) is 5.65 Å². The number of nitrogens with zero attached hydrogens (tertiary/aromatic N) is 2. The maximum absolute atomic E-state index is 10.7. The molecule has 0 saturated heterocycles. The molecule has 0 bridgehead atoms. The summed E-state index contributed by atoms with van der Waals surface area (Å²) in [6.07, 6.45) is 1.30. The zero-order valence-electron chi connectivity index (χ0n) is 8.98. The Labute approximate surface area is 91.7 Å². The number of anilines is 1. The lowest BCUT2D eigenvalue weighted by Gasteiger charge is -2.04. The molecule has 0 fully saturated rings. The van der Waals surface area contributed by atoms with Crippen LogP contribution in [0.3, 0.4) is 0 Å².